The van der Waals surface area contributed by atoms with E-state index in [1.165, 1.54) is 12.1 Å². The van der Waals surface area contributed by atoms with Gasteiger partial charge in [0.25, 0.3) is 0 Å². The van der Waals surface area contributed by atoms with Crippen LogP contribution in [-0.2, 0) is 0 Å². The normalized spacial score (nSPS) is 13.4. The summed E-state index contributed by atoms with van der Waals surface area (Å²) in [5.74, 6) is -0.338. The van der Waals surface area contributed by atoms with Gasteiger partial charge in [0.05, 0.1) is 6.10 Å². The quantitative estimate of drug-likeness (QED) is 0.751. The first-order valence-electron chi connectivity index (χ1n) is 4.24. The van der Waals surface area contributed by atoms with Crippen LogP contribution in [0.1, 0.15) is 18.6 Å². The van der Waals surface area contributed by atoms with Gasteiger partial charge in [0.15, 0.2) is 0 Å². The number of nitrogens with one attached hydrogen (secondary N) is 1. The average molecular weight is 214 g/mol. The lowest BCUT2D eigenvalue weighted by Crippen LogP contribution is -1.89. The first-order chi connectivity index (χ1) is 6.59. The molecule has 74 valence electrons. The second kappa shape index (κ2) is 3.26. The Hall–Kier alpha value is -1.06. The van der Waals surface area contributed by atoms with Crippen molar-refractivity contribution in [1.82, 2.24) is 4.98 Å². The van der Waals surface area contributed by atoms with E-state index in [-0.39, 0.29) is 5.82 Å². The molecule has 2 aromatic rings. The Kier molecular flexibility index (Phi) is 2.21. The minimum absolute atomic E-state index is 0.338. The van der Waals surface area contributed by atoms with Crippen LogP contribution in [0, 0.1) is 5.82 Å². The third kappa shape index (κ3) is 1.38. The zero-order valence-electron chi connectivity index (χ0n) is 7.51. The fourth-order valence-corrected chi connectivity index (χ4v) is 1.92. The summed E-state index contributed by atoms with van der Waals surface area (Å²) in [6, 6.07) is 4.31. The highest BCUT2D eigenvalue weighted by molar-refractivity contribution is 6.31. The van der Waals surface area contributed by atoms with E-state index in [0.717, 1.165) is 5.52 Å². The molecule has 4 heteroatoms. The molecule has 0 aliphatic rings. The topological polar surface area (TPSA) is 36.0 Å². The Balaban J connectivity index is 2.79. The van der Waals surface area contributed by atoms with Crippen molar-refractivity contribution in [2.45, 2.75) is 13.0 Å². The number of hydrogen-bond donors (Lipinski definition) is 2. The van der Waals surface area contributed by atoms with Gasteiger partial charge in [0.1, 0.15) is 11.0 Å². The minimum Gasteiger partial charge on any atom is -0.389 e. The van der Waals surface area contributed by atoms with E-state index < -0.39 is 6.10 Å². The number of halogens is 2. The number of aromatic nitrogens is 1. The average Bonchev–Trinajstić information content (AvgIpc) is 2.40. The van der Waals surface area contributed by atoms with E-state index in [9.17, 15) is 9.50 Å². The molecule has 1 unspecified atom stereocenters. The van der Waals surface area contributed by atoms with E-state index in [2.05, 4.69) is 4.98 Å². The highest BCUT2D eigenvalue weighted by atomic mass is 35.5. The number of H-pyrrole nitrogens is 1. The van der Waals surface area contributed by atoms with Crippen LogP contribution in [0.4, 0.5) is 4.39 Å². The summed E-state index contributed by atoms with van der Waals surface area (Å²) in [4.78, 5) is 2.87. The predicted octanol–water partition coefficient (Wildman–Crippen LogP) is 3.01. The van der Waals surface area contributed by atoms with E-state index in [1.54, 1.807) is 13.0 Å². The van der Waals surface area contributed by atoms with Crippen molar-refractivity contribution in [1.29, 1.82) is 0 Å². The second-order valence-electron chi connectivity index (χ2n) is 3.22. The Morgan fingerprint density at radius 2 is 2.21 bits per heavy atom. The molecule has 0 amide bonds. The lowest BCUT2D eigenvalue weighted by molar-refractivity contribution is 0.201. The SMILES string of the molecule is CC(O)c1c(Cl)[nH]c2ccc(F)cc12. The molecule has 0 fully saturated rings. The van der Waals surface area contributed by atoms with Crippen molar-refractivity contribution in [3.8, 4) is 0 Å². The molecule has 0 radical (unpaired) electrons. The van der Waals surface area contributed by atoms with Gasteiger partial charge >= 0.3 is 0 Å². The van der Waals surface area contributed by atoms with Crippen LogP contribution >= 0.6 is 11.6 Å². The number of fused-ring (bicyclic) bond motifs is 1. The molecule has 1 atom stereocenters. The highest BCUT2D eigenvalue weighted by Crippen LogP contribution is 2.31. The molecule has 0 spiro atoms. The molecule has 2 rings (SSSR count). The lowest BCUT2D eigenvalue weighted by Gasteiger charge is -2.02. The Bertz CT molecular complexity index is 478. The molecule has 1 aromatic heterocycles. The van der Waals surface area contributed by atoms with Gasteiger partial charge < -0.3 is 10.1 Å². The highest BCUT2D eigenvalue weighted by Gasteiger charge is 2.14. The van der Waals surface area contributed by atoms with Gasteiger partial charge in [-0.3, -0.25) is 0 Å². The maximum Gasteiger partial charge on any atom is 0.123 e. The standard InChI is InChI=1S/C10H9ClFNO/c1-5(14)9-7-4-6(12)2-3-8(7)13-10(9)11/h2-5,13-14H,1H3. The summed E-state index contributed by atoms with van der Waals surface area (Å²) in [5.41, 5.74) is 1.27. The van der Waals surface area contributed by atoms with Crippen molar-refractivity contribution in [2.75, 3.05) is 0 Å². The molecule has 2 nitrogen and oxygen atoms in total. The second-order valence-corrected chi connectivity index (χ2v) is 3.60. The van der Waals surface area contributed by atoms with Gasteiger partial charge in [-0.15, -0.1) is 0 Å². The molecular weight excluding hydrogens is 205 g/mol. The van der Waals surface area contributed by atoms with E-state index >= 15 is 0 Å². The summed E-state index contributed by atoms with van der Waals surface area (Å²) >= 11 is 5.88. The first-order valence-corrected chi connectivity index (χ1v) is 4.62. The monoisotopic (exact) mass is 213 g/mol. The molecule has 0 aliphatic heterocycles. The van der Waals surface area contributed by atoms with Gasteiger partial charge in [-0.2, -0.15) is 0 Å². The number of aromatic amines is 1. The minimum atomic E-state index is -0.710. The van der Waals surface area contributed by atoms with Crippen LogP contribution in [-0.4, -0.2) is 10.1 Å². The Labute approximate surface area is 85.3 Å². The summed E-state index contributed by atoms with van der Waals surface area (Å²) < 4.78 is 13.0. The summed E-state index contributed by atoms with van der Waals surface area (Å²) in [7, 11) is 0. The summed E-state index contributed by atoms with van der Waals surface area (Å²) in [5, 5.41) is 10.4. The van der Waals surface area contributed by atoms with E-state index in [4.69, 9.17) is 11.6 Å². The van der Waals surface area contributed by atoms with E-state index in [0.29, 0.717) is 16.1 Å². The molecule has 0 saturated heterocycles. The number of hydrogen-bond acceptors (Lipinski definition) is 1. The lowest BCUT2D eigenvalue weighted by atomic mass is 10.1. The number of aliphatic hydroxyl groups is 1. The maximum absolute atomic E-state index is 13.0. The fraction of sp³-hybridized carbons (Fsp3) is 0.200. The third-order valence-electron chi connectivity index (χ3n) is 2.17. The Morgan fingerprint density at radius 1 is 1.50 bits per heavy atom. The van der Waals surface area contributed by atoms with Crippen molar-refractivity contribution >= 4 is 22.5 Å². The van der Waals surface area contributed by atoms with Crippen molar-refractivity contribution < 1.29 is 9.50 Å². The molecular formula is C10H9ClFNO. The van der Waals surface area contributed by atoms with Crippen LogP contribution in [0.25, 0.3) is 10.9 Å². The summed E-state index contributed by atoms with van der Waals surface area (Å²) in [6.07, 6.45) is -0.710. The van der Waals surface area contributed by atoms with Crippen molar-refractivity contribution in [3.63, 3.8) is 0 Å². The van der Waals surface area contributed by atoms with Crippen LogP contribution in [0.3, 0.4) is 0 Å². The van der Waals surface area contributed by atoms with Crippen molar-refractivity contribution in [2.24, 2.45) is 0 Å². The maximum atomic E-state index is 13.0. The smallest absolute Gasteiger partial charge is 0.123 e. The van der Waals surface area contributed by atoms with Gasteiger partial charge in [0.2, 0.25) is 0 Å². The Morgan fingerprint density at radius 3 is 2.86 bits per heavy atom. The van der Waals surface area contributed by atoms with Crippen LogP contribution in [0.2, 0.25) is 5.15 Å². The third-order valence-corrected chi connectivity index (χ3v) is 2.47. The van der Waals surface area contributed by atoms with Gasteiger partial charge in [0, 0.05) is 16.5 Å². The molecule has 0 saturated carbocycles. The van der Waals surface area contributed by atoms with Crippen LogP contribution < -0.4 is 0 Å². The number of aliphatic hydroxyl groups excluding tert-OH is 1. The number of benzene rings is 1. The first kappa shape index (κ1) is 9.49. The molecule has 1 heterocycles. The van der Waals surface area contributed by atoms with Crippen molar-refractivity contribution in [3.05, 3.63) is 34.7 Å². The zero-order chi connectivity index (χ0) is 10.3. The zero-order valence-corrected chi connectivity index (χ0v) is 8.27. The van der Waals surface area contributed by atoms with Crippen LogP contribution in [0.15, 0.2) is 18.2 Å². The van der Waals surface area contributed by atoms with Crippen LogP contribution in [0.5, 0.6) is 0 Å². The molecule has 2 N–H and O–H groups in total. The summed E-state index contributed by atoms with van der Waals surface area (Å²) in [6.45, 7) is 1.60. The molecule has 14 heavy (non-hydrogen) atoms. The largest absolute Gasteiger partial charge is 0.389 e. The van der Waals surface area contributed by atoms with E-state index in [1.807, 2.05) is 0 Å². The molecule has 0 aliphatic carbocycles. The molecule has 1 aromatic carbocycles. The predicted molar refractivity (Wildman–Crippen MR) is 53.9 cm³/mol. The fourth-order valence-electron chi connectivity index (χ4n) is 1.56. The van der Waals surface area contributed by atoms with Gasteiger partial charge in [-0.1, -0.05) is 11.6 Å². The number of rotatable bonds is 1. The molecule has 0 bridgehead atoms. The van der Waals surface area contributed by atoms with Gasteiger partial charge in [-0.05, 0) is 25.1 Å². The van der Waals surface area contributed by atoms with Gasteiger partial charge in [-0.25, -0.2) is 4.39 Å².